The van der Waals surface area contributed by atoms with Gasteiger partial charge in [0.05, 0.1) is 0 Å². The Morgan fingerprint density at radius 1 is 1.42 bits per heavy atom. The molecule has 0 spiro atoms. The van der Waals surface area contributed by atoms with Crippen LogP contribution in [0.2, 0.25) is 0 Å². The molecule has 1 aromatic carbocycles. The van der Waals surface area contributed by atoms with Gasteiger partial charge in [-0.25, -0.2) is 4.79 Å². The van der Waals surface area contributed by atoms with Gasteiger partial charge in [-0.1, -0.05) is 38.1 Å². The Morgan fingerprint density at radius 2 is 2.16 bits per heavy atom. The lowest BCUT2D eigenvalue weighted by atomic mass is 10.0. The van der Waals surface area contributed by atoms with Crippen molar-refractivity contribution in [2.45, 2.75) is 38.8 Å². The van der Waals surface area contributed by atoms with Gasteiger partial charge in [-0.3, -0.25) is 0 Å². The first-order valence-corrected chi connectivity index (χ1v) is 6.88. The van der Waals surface area contributed by atoms with Crippen LogP contribution in [-0.4, -0.2) is 25.2 Å². The summed E-state index contributed by atoms with van der Waals surface area (Å²) in [5.41, 5.74) is 2.31. The number of alkyl carbamates (subject to hydrolysis) is 1. The number of carbonyl (C=O) groups excluding carboxylic acids is 1. The van der Waals surface area contributed by atoms with E-state index in [9.17, 15) is 4.79 Å². The van der Waals surface area contributed by atoms with Gasteiger partial charge in [0.1, 0.15) is 6.61 Å². The third kappa shape index (κ3) is 4.24. The van der Waals surface area contributed by atoms with Crippen LogP contribution in [0.4, 0.5) is 4.79 Å². The van der Waals surface area contributed by atoms with E-state index in [-0.39, 0.29) is 12.1 Å². The highest BCUT2D eigenvalue weighted by Gasteiger charge is 2.17. The number of rotatable bonds is 4. The van der Waals surface area contributed by atoms with E-state index in [2.05, 4.69) is 36.6 Å². The molecule has 0 radical (unpaired) electrons. The van der Waals surface area contributed by atoms with Crippen LogP contribution in [-0.2, 0) is 11.3 Å². The monoisotopic (exact) mass is 262 g/mol. The number of ether oxygens (including phenoxy) is 1. The van der Waals surface area contributed by atoms with E-state index in [1.165, 1.54) is 5.56 Å². The molecule has 0 bridgehead atoms. The van der Waals surface area contributed by atoms with Crippen LogP contribution in [0.15, 0.2) is 24.3 Å². The average Bonchev–Trinajstić information content (AvgIpc) is 2.89. The molecule has 1 unspecified atom stereocenters. The van der Waals surface area contributed by atoms with Gasteiger partial charge in [-0.2, -0.15) is 0 Å². The molecule has 1 aliphatic heterocycles. The molecule has 4 nitrogen and oxygen atoms in total. The van der Waals surface area contributed by atoms with Crippen LogP contribution in [0.3, 0.4) is 0 Å². The van der Waals surface area contributed by atoms with Gasteiger partial charge in [0, 0.05) is 12.6 Å². The number of benzene rings is 1. The van der Waals surface area contributed by atoms with Crippen LogP contribution >= 0.6 is 0 Å². The summed E-state index contributed by atoms with van der Waals surface area (Å²) >= 11 is 0. The molecule has 1 heterocycles. The highest BCUT2D eigenvalue weighted by Crippen LogP contribution is 2.15. The fraction of sp³-hybridized carbons (Fsp3) is 0.533. The quantitative estimate of drug-likeness (QED) is 0.876. The van der Waals surface area contributed by atoms with Gasteiger partial charge < -0.3 is 15.4 Å². The molecular weight excluding hydrogens is 240 g/mol. The summed E-state index contributed by atoms with van der Waals surface area (Å²) in [6, 6.07) is 8.40. The fourth-order valence-corrected chi connectivity index (χ4v) is 2.13. The Balaban J connectivity index is 1.76. The van der Waals surface area contributed by atoms with Gasteiger partial charge in [0.15, 0.2) is 0 Å². The van der Waals surface area contributed by atoms with E-state index >= 15 is 0 Å². The van der Waals surface area contributed by atoms with Crippen molar-refractivity contribution in [1.29, 1.82) is 0 Å². The lowest BCUT2D eigenvalue weighted by molar-refractivity contribution is 0.136. The molecule has 104 valence electrons. The Labute approximate surface area is 114 Å². The normalized spacial score (nSPS) is 18.6. The number of carbonyl (C=O) groups is 1. The molecule has 19 heavy (non-hydrogen) atoms. The van der Waals surface area contributed by atoms with E-state index in [0.29, 0.717) is 12.5 Å². The molecule has 1 atom stereocenters. The zero-order valence-corrected chi connectivity index (χ0v) is 11.6. The van der Waals surface area contributed by atoms with Crippen molar-refractivity contribution in [3.63, 3.8) is 0 Å². The van der Waals surface area contributed by atoms with E-state index in [0.717, 1.165) is 25.1 Å². The summed E-state index contributed by atoms with van der Waals surface area (Å²) in [6.07, 6.45) is 0.639. The maximum atomic E-state index is 11.6. The van der Waals surface area contributed by atoms with Gasteiger partial charge in [0.2, 0.25) is 0 Å². The predicted octanol–water partition coefficient (Wildman–Crippen LogP) is 2.40. The SMILES string of the molecule is CC(C)c1ccc(COC(=O)NC2CCNC2)cc1. The van der Waals surface area contributed by atoms with Crippen molar-refractivity contribution in [3.05, 3.63) is 35.4 Å². The molecule has 1 aliphatic rings. The maximum Gasteiger partial charge on any atom is 0.407 e. The molecule has 1 amide bonds. The Morgan fingerprint density at radius 3 is 2.74 bits per heavy atom. The Hall–Kier alpha value is -1.55. The zero-order chi connectivity index (χ0) is 13.7. The molecule has 4 heteroatoms. The number of hydrogen-bond acceptors (Lipinski definition) is 3. The summed E-state index contributed by atoms with van der Waals surface area (Å²) < 4.78 is 5.21. The second-order valence-electron chi connectivity index (χ2n) is 5.31. The zero-order valence-electron chi connectivity index (χ0n) is 11.6. The van der Waals surface area contributed by atoms with Crippen molar-refractivity contribution >= 4 is 6.09 Å². The third-order valence-corrected chi connectivity index (χ3v) is 3.40. The van der Waals surface area contributed by atoms with Crippen molar-refractivity contribution in [1.82, 2.24) is 10.6 Å². The second-order valence-corrected chi connectivity index (χ2v) is 5.31. The number of hydrogen-bond donors (Lipinski definition) is 2. The van der Waals surface area contributed by atoms with Crippen molar-refractivity contribution < 1.29 is 9.53 Å². The van der Waals surface area contributed by atoms with Gasteiger partial charge in [0.25, 0.3) is 0 Å². The largest absolute Gasteiger partial charge is 0.445 e. The summed E-state index contributed by atoms with van der Waals surface area (Å²) in [6.45, 7) is 6.44. The van der Waals surface area contributed by atoms with Crippen LogP contribution in [0, 0.1) is 0 Å². The molecule has 0 aromatic heterocycles. The maximum absolute atomic E-state index is 11.6. The van der Waals surface area contributed by atoms with Crippen LogP contribution < -0.4 is 10.6 Å². The summed E-state index contributed by atoms with van der Waals surface area (Å²) in [7, 11) is 0. The first-order chi connectivity index (χ1) is 9.15. The van der Waals surface area contributed by atoms with Crippen LogP contribution in [0.25, 0.3) is 0 Å². The Bertz CT molecular complexity index is 409. The molecule has 0 aliphatic carbocycles. The molecule has 1 saturated heterocycles. The number of amides is 1. The highest BCUT2D eigenvalue weighted by atomic mass is 16.5. The fourth-order valence-electron chi connectivity index (χ4n) is 2.13. The minimum absolute atomic E-state index is 0.204. The molecular formula is C15H22N2O2. The summed E-state index contributed by atoms with van der Waals surface area (Å²) in [5, 5.41) is 6.05. The van der Waals surface area contributed by atoms with Gasteiger partial charge in [-0.15, -0.1) is 0 Å². The number of nitrogens with one attached hydrogen (secondary N) is 2. The van der Waals surface area contributed by atoms with E-state index in [1.807, 2.05) is 12.1 Å². The first-order valence-electron chi connectivity index (χ1n) is 6.88. The second kappa shape index (κ2) is 6.57. The van der Waals surface area contributed by atoms with Crippen molar-refractivity contribution in [2.24, 2.45) is 0 Å². The third-order valence-electron chi connectivity index (χ3n) is 3.40. The minimum Gasteiger partial charge on any atom is -0.445 e. The van der Waals surface area contributed by atoms with Crippen LogP contribution in [0.1, 0.15) is 37.3 Å². The highest BCUT2D eigenvalue weighted by molar-refractivity contribution is 5.67. The van der Waals surface area contributed by atoms with Crippen molar-refractivity contribution in [2.75, 3.05) is 13.1 Å². The summed E-state index contributed by atoms with van der Waals surface area (Å²) in [4.78, 5) is 11.6. The van der Waals surface area contributed by atoms with E-state index < -0.39 is 0 Å². The van der Waals surface area contributed by atoms with Gasteiger partial charge in [-0.05, 0) is 30.0 Å². The smallest absolute Gasteiger partial charge is 0.407 e. The summed E-state index contributed by atoms with van der Waals surface area (Å²) in [5.74, 6) is 0.521. The molecule has 1 fully saturated rings. The van der Waals surface area contributed by atoms with E-state index in [1.54, 1.807) is 0 Å². The van der Waals surface area contributed by atoms with Crippen molar-refractivity contribution in [3.8, 4) is 0 Å². The van der Waals surface area contributed by atoms with Gasteiger partial charge >= 0.3 is 6.09 Å². The van der Waals surface area contributed by atoms with E-state index in [4.69, 9.17) is 4.74 Å². The first kappa shape index (κ1) is 13.9. The molecule has 1 aromatic rings. The minimum atomic E-state index is -0.332. The average molecular weight is 262 g/mol. The standard InChI is InChI=1S/C15H22N2O2/c1-11(2)13-5-3-12(4-6-13)10-19-15(18)17-14-7-8-16-9-14/h3-6,11,14,16H,7-10H2,1-2H3,(H,17,18). The lowest BCUT2D eigenvalue weighted by Gasteiger charge is -2.12. The topological polar surface area (TPSA) is 50.4 Å². The lowest BCUT2D eigenvalue weighted by Crippen LogP contribution is -2.36. The van der Waals surface area contributed by atoms with Crippen LogP contribution in [0.5, 0.6) is 0 Å². The molecule has 0 saturated carbocycles. The molecule has 2 N–H and O–H groups in total. The molecule has 2 rings (SSSR count). The predicted molar refractivity (Wildman–Crippen MR) is 75.1 cm³/mol. The Kier molecular flexibility index (Phi) is 4.80.